The number of hydrogen-bond donors (Lipinski definition) is 1. The molecule has 0 unspecified atom stereocenters. The van der Waals surface area contributed by atoms with Gasteiger partial charge in [0.15, 0.2) is 0 Å². The monoisotopic (exact) mass is 308 g/mol. The zero-order valence-electron chi connectivity index (χ0n) is 12.1. The zero-order chi connectivity index (χ0) is 15.5. The molecule has 3 nitrogen and oxygen atoms in total. The van der Waals surface area contributed by atoms with Gasteiger partial charge in [0, 0.05) is 19.0 Å². The lowest BCUT2D eigenvalue weighted by atomic mass is 9.84. The number of thiol groups is 1. The van der Waals surface area contributed by atoms with E-state index in [1.54, 1.807) is 6.07 Å². The van der Waals surface area contributed by atoms with Crippen molar-refractivity contribution >= 4 is 18.5 Å². The highest BCUT2D eigenvalue weighted by molar-refractivity contribution is 7.81. The molecular weight excluding hydrogens is 292 g/mol. The molecule has 3 rings (SSSR count). The van der Waals surface area contributed by atoms with Crippen LogP contribution in [0, 0.1) is 11.3 Å². The van der Waals surface area contributed by atoms with Crippen LogP contribution >= 0.6 is 12.6 Å². The molecule has 0 saturated carbocycles. The molecule has 2 aromatic rings. The van der Waals surface area contributed by atoms with Crippen molar-refractivity contribution < 1.29 is 4.79 Å². The number of hydrogen-bond acceptors (Lipinski definition) is 3. The summed E-state index contributed by atoms with van der Waals surface area (Å²) in [5.74, 6) is 0.356. The third-order valence-electron chi connectivity index (χ3n) is 4.10. The first kappa shape index (κ1) is 14.7. The van der Waals surface area contributed by atoms with E-state index in [0.29, 0.717) is 18.7 Å². The van der Waals surface area contributed by atoms with Gasteiger partial charge in [0.1, 0.15) is 0 Å². The van der Waals surface area contributed by atoms with E-state index in [1.165, 1.54) is 5.56 Å². The van der Waals surface area contributed by atoms with Crippen molar-refractivity contribution in [2.24, 2.45) is 0 Å². The third kappa shape index (κ3) is 2.72. The summed E-state index contributed by atoms with van der Waals surface area (Å²) in [5, 5.41) is 9.11. The third-order valence-corrected chi connectivity index (χ3v) is 4.37. The first-order chi connectivity index (χ1) is 10.7. The molecule has 0 aromatic heterocycles. The Morgan fingerprint density at radius 1 is 1.27 bits per heavy atom. The molecule has 0 bridgehead atoms. The molecule has 0 saturated heterocycles. The topological polar surface area (TPSA) is 44.1 Å². The lowest BCUT2D eigenvalue weighted by molar-refractivity contribution is -0.129. The highest BCUT2D eigenvalue weighted by Gasteiger charge is 2.28. The van der Waals surface area contributed by atoms with Gasteiger partial charge in [-0.3, -0.25) is 4.79 Å². The maximum absolute atomic E-state index is 12.1. The molecule has 1 heterocycles. The number of carbonyl (C=O) groups is 1. The van der Waals surface area contributed by atoms with Crippen molar-refractivity contribution in [3.05, 3.63) is 70.8 Å². The number of carbonyl (C=O) groups excluding carboxylic acids is 1. The van der Waals surface area contributed by atoms with Crippen molar-refractivity contribution in [1.82, 2.24) is 4.90 Å². The maximum atomic E-state index is 12.1. The van der Waals surface area contributed by atoms with E-state index in [9.17, 15) is 4.79 Å². The van der Waals surface area contributed by atoms with Gasteiger partial charge in [0.25, 0.3) is 0 Å². The van der Waals surface area contributed by atoms with Crippen LogP contribution in [0.2, 0.25) is 0 Å². The molecule has 1 aliphatic rings. The normalized spacial score (nSPS) is 16.7. The second-order valence-electron chi connectivity index (χ2n) is 5.42. The van der Waals surface area contributed by atoms with E-state index in [2.05, 4.69) is 30.8 Å². The quantitative estimate of drug-likeness (QED) is 0.867. The summed E-state index contributed by atoms with van der Waals surface area (Å²) in [4.78, 5) is 13.9. The Bertz CT molecular complexity index is 751. The van der Waals surface area contributed by atoms with E-state index in [-0.39, 0.29) is 17.6 Å². The molecule has 2 aromatic carbocycles. The fourth-order valence-electron chi connectivity index (χ4n) is 3.01. The van der Waals surface area contributed by atoms with Crippen molar-refractivity contribution in [1.29, 1.82) is 5.26 Å². The second-order valence-corrected chi connectivity index (χ2v) is 5.74. The van der Waals surface area contributed by atoms with Gasteiger partial charge in [-0.1, -0.05) is 36.4 Å². The Labute approximate surface area is 135 Å². The minimum atomic E-state index is 0.0410. The Balaban J connectivity index is 2.05. The van der Waals surface area contributed by atoms with Crippen LogP contribution in [-0.2, 0) is 11.3 Å². The Hall–Kier alpha value is -2.25. The minimum Gasteiger partial charge on any atom is -0.337 e. The minimum absolute atomic E-state index is 0.0410. The average Bonchev–Trinajstić information content (AvgIpc) is 2.60. The molecule has 0 N–H and O–H groups in total. The summed E-state index contributed by atoms with van der Waals surface area (Å²) < 4.78 is 0. The van der Waals surface area contributed by atoms with Crippen molar-refractivity contribution in [3.8, 4) is 6.07 Å². The molecule has 1 amide bonds. The van der Waals surface area contributed by atoms with Crippen LogP contribution < -0.4 is 0 Å². The smallest absolute Gasteiger partial charge is 0.232 e. The van der Waals surface area contributed by atoms with Crippen molar-refractivity contribution in [3.63, 3.8) is 0 Å². The largest absolute Gasteiger partial charge is 0.337 e. The average molecular weight is 308 g/mol. The molecule has 0 aliphatic carbocycles. The van der Waals surface area contributed by atoms with Crippen LogP contribution in [0.25, 0.3) is 0 Å². The second kappa shape index (κ2) is 6.25. The highest BCUT2D eigenvalue weighted by Crippen LogP contribution is 2.33. The van der Waals surface area contributed by atoms with Crippen LogP contribution in [0.3, 0.4) is 0 Å². The zero-order valence-corrected chi connectivity index (χ0v) is 13.0. The SMILES string of the molecule is N#Cc1cccc([C@H]2CN(C(=O)CS)Cc3ccccc32)c1. The predicted octanol–water partition coefficient (Wildman–Crippen LogP) is 2.96. The molecular formula is C18H16N2OS. The first-order valence-electron chi connectivity index (χ1n) is 7.19. The van der Waals surface area contributed by atoms with Gasteiger partial charge in [-0.2, -0.15) is 17.9 Å². The maximum Gasteiger partial charge on any atom is 0.232 e. The molecule has 4 heteroatoms. The van der Waals surface area contributed by atoms with Crippen LogP contribution in [0.15, 0.2) is 48.5 Å². The number of amides is 1. The Morgan fingerprint density at radius 3 is 2.86 bits per heavy atom. The van der Waals surface area contributed by atoms with Gasteiger partial charge in [-0.05, 0) is 28.8 Å². The number of rotatable bonds is 2. The van der Waals surface area contributed by atoms with Crippen LogP contribution in [0.1, 0.15) is 28.2 Å². The fraction of sp³-hybridized carbons (Fsp3) is 0.222. The van der Waals surface area contributed by atoms with Crippen molar-refractivity contribution in [2.75, 3.05) is 12.3 Å². The van der Waals surface area contributed by atoms with Gasteiger partial charge in [-0.15, -0.1) is 0 Å². The first-order valence-corrected chi connectivity index (χ1v) is 7.82. The fourth-order valence-corrected chi connectivity index (χ4v) is 3.21. The summed E-state index contributed by atoms with van der Waals surface area (Å²) in [7, 11) is 0. The lowest BCUT2D eigenvalue weighted by Gasteiger charge is -2.35. The van der Waals surface area contributed by atoms with Crippen LogP contribution in [0.4, 0.5) is 0 Å². The summed E-state index contributed by atoms with van der Waals surface area (Å²) in [6.07, 6.45) is 0. The summed E-state index contributed by atoms with van der Waals surface area (Å²) in [6, 6.07) is 18.0. The standard InChI is InChI=1S/C18H16N2OS/c19-9-13-4-3-6-14(8-13)17-11-20(18(21)12-22)10-15-5-1-2-7-16(15)17/h1-8,17,22H,10-12H2/t17-/m1/s1. The number of fused-ring (bicyclic) bond motifs is 1. The molecule has 110 valence electrons. The number of nitriles is 1. The summed E-state index contributed by atoms with van der Waals surface area (Å²) in [5.41, 5.74) is 4.12. The van der Waals surface area contributed by atoms with E-state index in [1.807, 2.05) is 35.2 Å². The summed E-state index contributed by atoms with van der Waals surface area (Å²) >= 11 is 4.11. The van der Waals surface area contributed by atoms with Crippen molar-refractivity contribution in [2.45, 2.75) is 12.5 Å². The molecule has 1 atom stereocenters. The summed E-state index contributed by atoms with van der Waals surface area (Å²) in [6.45, 7) is 1.26. The molecule has 0 spiro atoms. The van der Waals surface area contributed by atoms with E-state index >= 15 is 0 Å². The van der Waals surface area contributed by atoms with Gasteiger partial charge in [0.05, 0.1) is 17.4 Å². The molecule has 0 fully saturated rings. The van der Waals surface area contributed by atoms with Crippen LogP contribution in [0.5, 0.6) is 0 Å². The molecule has 0 radical (unpaired) electrons. The Kier molecular flexibility index (Phi) is 4.17. The lowest BCUT2D eigenvalue weighted by Crippen LogP contribution is -2.39. The molecule has 22 heavy (non-hydrogen) atoms. The van der Waals surface area contributed by atoms with E-state index < -0.39 is 0 Å². The number of benzene rings is 2. The predicted molar refractivity (Wildman–Crippen MR) is 88.7 cm³/mol. The highest BCUT2D eigenvalue weighted by atomic mass is 32.1. The number of nitrogens with zero attached hydrogens (tertiary/aromatic N) is 2. The van der Waals surface area contributed by atoms with Gasteiger partial charge in [-0.25, -0.2) is 0 Å². The van der Waals surface area contributed by atoms with E-state index in [4.69, 9.17) is 5.26 Å². The van der Waals surface area contributed by atoms with Gasteiger partial charge >= 0.3 is 0 Å². The van der Waals surface area contributed by atoms with Gasteiger partial charge in [0.2, 0.25) is 5.91 Å². The Morgan fingerprint density at radius 2 is 2.09 bits per heavy atom. The van der Waals surface area contributed by atoms with E-state index in [0.717, 1.165) is 11.1 Å². The van der Waals surface area contributed by atoms with Gasteiger partial charge < -0.3 is 4.90 Å². The van der Waals surface area contributed by atoms with Crippen LogP contribution in [-0.4, -0.2) is 23.1 Å². The molecule has 1 aliphatic heterocycles.